The predicted molar refractivity (Wildman–Crippen MR) is 53.3 cm³/mol. The molecule has 0 saturated heterocycles. The molecule has 12 heavy (non-hydrogen) atoms. The third-order valence-electron chi connectivity index (χ3n) is 2.44. The highest BCUT2D eigenvalue weighted by atomic mass is 15.1. The summed E-state index contributed by atoms with van der Waals surface area (Å²) in [7, 11) is 2.03. The summed E-state index contributed by atoms with van der Waals surface area (Å²) >= 11 is 0. The van der Waals surface area contributed by atoms with Crippen LogP contribution in [0.1, 0.15) is 20.3 Å². The van der Waals surface area contributed by atoms with Gasteiger partial charge < -0.3 is 5.32 Å². The first kappa shape index (κ1) is 9.75. The summed E-state index contributed by atoms with van der Waals surface area (Å²) in [6.07, 6.45) is 3.57. The predicted octanol–water partition coefficient (Wildman–Crippen LogP) is 1.25. The van der Waals surface area contributed by atoms with Crippen LogP contribution in [-0.4, -0.2) is 37.6 Å². The van der Waals surface area contributed by atoms with Gasteiger partial charge in [0.1, 0.15) is 0 Å². The number of nitrogens with zero attached hydrogens (tertiary/aromatic N) is 1. The van der Waals surface area contributed by atoms with Crippen LogP contribution in [0.3, 0.4) is 0 Å². The van der Waals surface area contributed by atoms with E-state index in [0.29, 0.717) is 6.04 Å². The molecule has 0 aliphatic carbocycles. The minimum absolute atomic E-state index is 0.607. The Hall–Kier alpha value is -0.340. The molecule has 1 aliphatic rings. The summed E-state index contributed by atoms with van der Waals surface area (Å²) in [4.78, 5) is 2.51. The third-order valence-corrected chi connectivity index (χ3v) is 2.44. The molecule has 1 N–H and O–H groups in total. The zero-order chi connectivity index (χ0) is 8.97. The molecule has 1 atom stereocenters. The monoisotopic (exact) mass is 168 g/mol. The summed E-state index contributed by atoms with van der Waals surface area (Å²) in [5.41, 5.74) is 1.52. The van der Waals surface area contributed by atoms with Crippen LogP contribution in [0.2, 0.25) is 0 Å². The molecule has 0 bridgehead atoms. The van der Waals surface area contributed by atoms with Gasteiger partial charge in [-0.25, -0.2) is 0 Å². The zero-order valence-electron chi connectivity index (χ0n) is 8.43. The Bertz CT molecular complexity index is 163. The molecule has 0 spiro atoms. The smallest absolute Gasteiger partial charge is 0.0190 e. The van der Waals surface area contributed by atoms with E-state index in [4.69, 9.17) is 0 Å². The Morgan fingerprint density at radius 3 is 3.00 bits per heavy atom. The van der Waals surface area contributed by atoms with E-state index < -0.39 is 0 Å². The van der Waals surface area contributed by atoms with Gasteiger partial charge in [-0.2, -0.15) is 0 Å². The van der Waals surface area contributed by atoms with E-state index in [2.05, 4.69) is 30.1 Å². The summed E-state index contributed by atoms with van der Waals surface area (Å²) in [5, 5.41) is 3.27. The van der Waals surface area contributed by atoms with Gasteiger partial charge in [-0.3, -0.25) is 4.90 Å². The zero-order valence-corrected chi connectivity index (χ0v) is 8.43. The Kier molecular flexibility index (Phi) is 3.76. The first-order valence-electron chi connectivity index (χ1n) is 4.77. The van der Waals surface area contributed by atoms with Crippen molar-refractivity contribution >= 4 is 0 Å². The van der Waals surface area contributed by atoms with Crippen molar-refractivity contribution in [2.45, 2.75) is 26.3 Å². The highest BCUT2D eigenvalue weighted by Gasteiger charge is 2.11. The quantitative estimate of drug-likeness (QED) is 0.638. The first-order chi connectivity index (χ1) is 5.72. The maximum Gasteiger partial charge on any atom is 0.0190 e. The first-order valence-corrected chi connectivity index (χ1v) is 4.77. The molecule has 1 heterocycles. The van der Waals surface area contributed by atoms with Crippen molar-refractivity contribution in [1.29, 1.82) is 0 Å². The van der Waals surface area contributed by atoms with E-state index in [9.17, 15) is 0 Å². The van der Waals surface area contributed by atoms with Crippen LogP contribution in [0.25, 0.3) is 0 Å². The van der Waals surface area contributed by atoms with Crippen LogP contribution < -0.4 is 5.32 Å². The fraction of sp³-hybridized carbons (Fsp3) is 0.800. The minimum Gasteiger partial charge on any atom is -0.316 e. The van der Waals surface area contributed by atoms with E-state index in [0.717, 1.165) is 6.54 Å². The Morgan fingerprint density at radius 1 is 1.67 bits per heavy atom. The van der Waals surface area contributed by atoms with E-state index in [-0.39, 0.29) is 0 Å². The average Bonchev–Trinajstić information content (AvgIpc) is 2.04. The molecule has 2 nitrogen and oxygen atoms in total. The second-order valence-corrected chi connectivity index (χ2v) is 3.76. The summed E-state index contributed by atoms with van der Waals surface area (Å²) in [6.45, 7) is 8.00. The lowest BCUT2D eigenvalue weighted by atomic mass is 10.1. The molecule has 0 aromatic carbocycles. The van der Waals surface area contributed by atoms with Crippen molar-refractivity contribution < 1.29 is 0 Å². The van der Waals surface area contributed by atoms with Crippen molar-refractivity contribution in [2.75, 3.05) is 26.7 Å². The highest BCUT2D eigenvalue weighted by molar-refractivity contribution is 5.04. The van der Waals surface area contributed by atoms with E-state index in [1.807, 2.05) is 7.05 Å². The molecule has 0 radical (unpaired) electrons. The number of hydrogen-bond acceptors (Lipinski definition) is 2. The maximum atomic E-state index is 3.27. The van der Waals surface area contributed by atoms with Crippen molar-refractivity contribution in [3.63, 3.8) is 0 Å². The SMILES string of the molecule is CNC(C)CN1CCC=C(C)C1. The van der Waals surface area contributed by atoms with Gasteiger partial charge in [0.15, 0.2) is 0 Å². The van der Waals surface area contributed by atoms with Crippen LogP contribution in [0.4, 0.5) is 0 Å². The van der Waals surface area contributed by atoms with Crippen LogP contribution in [0.5, 0.6) is 0 Å². The fourth-order valence-corrected chi connectivity index (χ4v) is 1.62. The molecule has 2 heteroatoms. The average molecular weight is 168 g/mol. The van der Waals surface area contributed by atoms with Crippen LogP contribution in [0, 0.1) is 0 Å². The van der Waals surface area contributed by atoms with Crippen molar-refractivity contribution in [1.82, 2.24) is 10.2 Å². The molecule has 0 amide bonds. The van der Waals surface area contributed by atoms with Gasteiger partial charge in [-0.05, 0) is 27.3 Å². The van der Waals surface area contributed by atoms with Crippen LogP contribution >= 0.6 is 0 Å². The topological polar surface area (TPSA) is 15.3 Å². The van der Waals surface area contributed by atoms with Gasteiger partial charge in [0.2, 0.25) is 0 Å². The van der Waals surface area contributed by atoms with Crippen molar-refractivity contribution in [3.8, 4) is 0 Å². The largest absolute Gasteiger partial charge is 0.316 e. The van der Waals surface area contributed by atoms with E-state index in [1.54, 1.807) is 0 Å². The van der Waals surface area contributed by atoms with Crippen LogP contribution in [0.15, 0.2) is 11.6 Å². The Labute approximate surface area is 75.6 Å². The lowest BCUT2D eigenvalue weighted by molar-refractivity contribution is 0.265. The Morgan fingerprint density at radius 2 is 2.42 bits per heavy atom. The van der Waals surface area contributed by atoms with Gasteiger partial charge in [0, 0.05) is 25.7 Å². The van der Waals surface area contributed by atoms with E-state index in [1.165, 1.54) is 25.1 Å². The number of nitrogens with one attached hydrogen (secondary N) is 1. The molecule has 0 aromatic heterocycles. The second kappa shape index (κ2) is 4.63. The minimum atomic E-state index is 0.607. The number of hydrogen-bond donors (Lipinski definition) is 1. The molecular weight excluding hydrogens is 148 g/mol. The lowest BCUT2D eigenvalue weighted by Crippen LogP contribution is -2.39. The molecular formula is C10H20N2. The van der Waals surface area contributed by atoms with Crippen LogP contribution in [-0.2, 0) is 0 Å². The third kappa shape index (κ3) is 2.95. The molecule has 1 aliphatic heterocycles. The van der Waals surface area contributed by atoms with Gasteiger partial charge in [-0.1, -0.05) is 11.6 Å². The second-order valence-electron chi connectivity index (χ2n) is 3.76. The molecule has 0 fully saturated rings. The normalized spacial score (nSPS) is 22.1. The highest BCUT2D eigenvalue weighted by Crippen LogP contribution is 2.08. The van der Waals surface area contributed by atoms with Gasteiger partial charge >= 0.3 is 0 Å². The van der Waals surface area contributed by atoms with Gasteiger partial charge in [0.25, 0.3) is 0 Å². The molecule has 0 saturated carbocycles. The summed E-state index contributed by atoms with van der Waals surface area (Å²) in [5.74, 6) is 0. The van der Waals surface area contributed by atoms with Crippen molar-refractivity contribution in [3.05, 3.63) is 11.6 Å². The molecule has 0 aromatic rings. The maximum absolute atomic E-state index is 3.27. The molecule has 1 rings (SSSR count). The van der Waals surface area contributed by atoms with E-state index >= 15 is 0 Å². The molecule has 1 unspecified atom stereocenters. The number of rotatable bonds is 3. The fourth-order valence-electron chi connectivity index (χ4n) is 1.62. The summed E-state index contributed by atoms with van der Waals surface area (Å²) in [6, 6.07) is 0.607. The van der Waals surface area contributed by atoms with Gasteiger partial charge in [-0.15, -0.1) is 0 Å². The lowest BCUT2D eigenvalue weighted by Gasteiger charge is -2.28. The molecule has 70 valence electrons. The van der Waals surface area contributed by atoms with Crippen molar-refractivity contribution in [2.24, 2.45) is 0 Å². The Balaban J connectivity index is 2.30. The standard InChI is InChI=1S/C10H20N2/c1-9-5-4-6-12(7-9)8-10(2)11-3/h5,10-11H,4,6-8H2,1-3H3. The van der Waals surface area contributed by atoms with Gasteiger partial charge in [0.05, 0.1) is 0 Å². The summed E-state index contributed by atoms with van der Waals surface area (Å²) < 4.78 is 0. The number of likely N-dealkylation sites (N-methyl/N-ethyl adjacent to an activating group) is 1.